The van der Waals surface area contributed by atoms with Crippen LogP contribution in [0.1, 0.15) is 25.3 Å². The Hall–Kier alpha value is -2.50. The molecule has 6 heteroatoms. The number of carbonyl (C=O) groups excluding carboxylic acids is 1. The molecule has 2 heterocycles. The molecule has 0 saturated carbocycles. The molecule has 23 heavy (non-hydrogen) atoms. The Labute approximate surface area is 136 Å². The molecular weight excluding hydrogens is 290 g/mol. The van der Waals surface area contributed by atoms with Crippen molar-refractivity contribution >= 4 is 17.4 Å². The summed E-state index contributed by atoms with van der Waals surface area (Å²) in [7, 11) is 0. The molecule has 1 aromatic heterocycles. The number of nitrogens with one attached hydrogen (secondary N) is 3. The lowest BCUT2D eigenvalue weighted by Crippen LogP contribution is -2.46. The minimum atomic E-state index is -0.169. The Morgan fingerprint density at radius 2 is 2.04 bits per heavy atom. The lowest BCUT2D eigenvalue weighted by Gasteiger charge is -2.34. The summed E-state index contributed by atoms with van der Waals surface area (Å²) in [5.74, 6) is 0. The van der Waals surface area contributed by atoms with Gasteiger partial charge in [-0.05, 0) is 37.0 Å². The van der Waals surface area contributed by atoms with E-state index in [9.17, 15) is 4.79 Å². The van der Waals surface area contributed by atoms with E-state index >= 15 is 0 Å². The fourth-order valence-electron chi connectivity index (χ4n) is 2.90. The summed E-state index contributed by atoms with van der Waals surface area (Å²) in [5.41, 5.74) is 3.31. The molecule has 1 fully saturated rings. The molecule has 0 aliphatic carbocycles. The van der Waals surface area contributed by atoms with Gasteiger partial charge in [-0.1, -0.05) is 19.1 Å². The minimum Gasteiger partial charge on any atom is -0.371 e. The first-order valence-electron chi connectivity index (χ1n) is 8.15. The van der Waals surface area contributed by atoms with Crippen molar-refractivity contribution in [2.24, 2.45) is 0 Å². The number of nitrogens with zero attached hydrogens (tertiary/aromatic N) is 2. The SMILES string of the molecule is CCc1ccc(N2CCC(NC(=O)Nc3cn[nH]c3)CC2)cc1. The maximum absolute atomic E-state index is 11.9. The van der Waals surface area contributed by atoms with Crippen LogP contribution in [0.4, 0.5) is 16.2 Å². The van der Waals surface area contributed by atoms with Crippen LogP contribution in [0.3, 0.4) is 0 Å². The van der Waals surface area contributed by atoms with E-state index in [0.29, 0.717) is 5.69 Å². The Kier molecular flexibility index (Phi) is 4.80. The van der Waals surface area contributed by atoms with Gasteiger partial charge in [0.15, 0.2) is 0 Å². The maximum atomic E-state index is 11.9. The van der Waals surface area contributed by atoms with Crippen molar-refractivity contribution in [3.8, 4) is 0 Å². The van der Waals surface area contributed by atoms with Gasteiger partial charge in [-0.3, -0.25) is 5.10 Å². The number of aromatic amines is 1. The summed E-state index contributed by atoms with van der Waals surface area (Å²) in [4.78, 5) is 14.3. The number of hydrogen-bond donors (Lipinski definition) is 3. The van der Waals surface area contributed by atoms with Crippen molar-refractivity contribution < 1.29 is 4.79 Å². The second-order valence-corrected chi connectivity index (χ2v) is 5.87. The average Bonchev–Trinajstić information content (AvgIpc) is 3.08. The highest BCUT2D eigenvalue weighted by atomic mass is 16.2. The molecule has 2 aromatic rings. The number of rotatable bonds is 4. The van der Waals surface area contributed by atoms with Gasteiger partial charge in [-0.15, -0.1) is 0 Å². The number of H-pyrrole nitrogens is 1. The average molecular weight is 313 g/mol. The third-order valence-electron chi connectivity index (χ3n) is 4.30. The lowest BCUT2D eigenvalue weighted by atomic mass is 10.0. The standard InChI is InChI=1S/C17H23N5O/c1-2-13-3-5-16(6-4-13)22-9-7-14(8-10-22)20-17(23)21-15-11-18-19-12-15/h3-6,11-12,14H,2,7-10H2,1H3,(H,18,19)(H2,20,21,23). The molecule has 6 nitrogen and oxygen atoms in total. The van der Waals surface area contributed by atoms with Crippen LogP contribution in [0.15, 0.2) is 36.7 Å². The number of anilines is 2. The van der Waals surface area contributed by atoms with Crippen LogP contribution in [-0.4, -0.2) is 35.4 Å². The Morgan fingerprint density at radius 3 is 2.65 bits per heavy atom. The minimum absolute atomic E-state index is 0.169. The second kappa shape index (κ2) is 7.17. The molecule has 0 atom stereocenters. The smallest absolute Gasteiger partial charge is 0.319 e. The second-order valence-electron chi connectivity index (χ2n) is 5.87. The van der Waals surface area contributed by atoms with E-state index in [2.05, 4.69) is 56.9 Å². The van der Waals surface area contributed by atoms with Gasteiger partial charge in [0.25, 0.3) is 0 Å². The van der Waals surface area contributed by atoms with Gasteiger partial charge in [0, 0.05) is 31.0 Å². The maximum Gasteiger partial charge on any atom is 0.319 e. The summed E-state index contributed by atoms with van der Waals surface area (Å²) in [6, 6.07) is 8.82. The largest absolute Gasteiger partial charge is 0.371 e. The van der Waals surface area contributed by atoms with E-state index in [0.717, 1.165) is 32.4 Å². The first kappa shape index (κ1) is 15.4. The van der Waals surface area contributed by atoms with Gasteiger partial charge in [0.2, 0.25) is 0 Å². The third-order valence-corrected chi connectivity index (χ3v) is 4.30. The molecule has 1 saturated heterocycles. The topological polar surface area (TPSA) is 73.1 Å². The van der Waals surface area contributed by atoms with Gasteiger partial charge >= 0.3 is 6.03 Å². The highest BCUT2D eigenvalue weighted by molar-refractivity contribution is 5.89. The number of piperidine rings is 1. The summed E-state index contributed by atoms with van der Waals surface area (Å²) >= 11 is 0. The molecule has 0 spiro atoms. The van der Waals surface area contributed by atoms with Crippen LogP contribution < -0.4 is 15.5 Å². The van der Waals surface area contributed by atoms with E-state index in [-0.39, 0.29) is 12.1 Å². The predicted molar refractivity (Wildman–Crippen MR) is 91.8 cm³/mol. The summed E-state index contributed by atoms with van der Waals surface area (Å²) in [6.07, 6.45) is 6.21. The molecule has 122 valence electrons. The molecule has 3 rings (SSSR count). The van der Waals surface area contributed by atoms with E-state index in [1.165, 1.54) is 11.3 Å². The number of aromatic nitrogens is 2. The lowest BCUT2D eigenvalue weighted by molar-refractivity contribution is 0.246. The first-order valence-corrected chi connectivity index (χ1v) is 8.15. The number of amides is 2. The Morgan fingerprint density at radius 1 is 1.30 bits per heavy atom. The Bertz CT molecular complexity index is 615. The zero-order valence-corrected chi connectivity index (χ0v) is 13.4. The highest BCUT2D eigenvalue weighted by Gasteiger charge is 2.21. The molecular formula is C17H23N5O. The van der Waals surface area contributed by atoms with E-state index in [4.69, 9.17) is 0 Å². The van der Waals surface area contributed by atoms with Gasteiger partial charge in [-0.2, -0.15) is 5.10 Å². The van der Waals surface area contributed by atoms with Crippen LogP contribution in [-0.2, 0) is 6.42 Å². The van der Waals surface area contributed by atoms with Gasteiger partial charge in [-0.25, -0.2) is 4.79 Å². The number of carbonyl (C=O) groups is 1. The van der Waals surface area contributed by atoms with Crippen LogP contribution in [0.5, 0.6) is 0 Å². The predicted octanol–water partition coefficient (Wildman–Crippen LogP) is 2.76. The first-order chi connectivity index (χ1) is 11.2. The van der Waals surface area contributed by atoms with Gasteiger partial charge < -0.3 is 15.5 Å². The third kappa shape index (κ3) is 4.03. The van der Waals surface area contributed by atoms with Gasteiger partial charge in [0.05, 0.1) is 11.9 Å². The Balaban J connectivity index is 1.47. The van der Waals surface area contributed by atoms with Crippen LogP contribution >= 0.6 is 0 Å². The quantitative estimate of drug-likeness (QED) is 0.812. The fraction of sp³-hybridized carbons (Fsp3) is 0.412. The number of benzene rings is 1. The van der Waals surface area contributed by atoms with Gasteiger partial charge in [0.1, 0.15) is 0 Å². The van der Waals surface area contributed by atoms with Crippen LogP contribution in [0, 0.1) is 0 Å². The zero-order valence-electron chi connectivity index (χ0n) is 13.4. The van der Waals surface area contributed by atoms with E-state index in [1.54, 1.807) is 12.4 Å². The molecule has 0 unspecified atom stereocenters. The number of hydrogen-bond acceptors (Lipinski definition) is 3. The van der Waals surface area contributed by atoms with Crippen LogP contribution in [0.2, 0.25) is 0 Å². The monoisotopic (exact) mass is 313 g/mol. The number of urea groups is 1. The van der Waals surface area contributed by atoms with Crippen molar-refractivity contribution in [1.82, 2.24) is 15.5 Å². The van der Waals surface area contributed by atoms with Crippen molar-refractivity contribution in [2.45, 2.75) is 32.2 Å². The molecule has 0 radical (unpaired) electrons. The number of aryl methyl sites for hydroxylation is 1. The van der Waals surface area contributed by atoms with E-state index < -0.39 is 0 Å². The molecule has 1 aromatic carbocycles. The van der Waals surface area contributed by atoms with Crippen molar-refractivity contribution in [3.05, 3.63) is 42.2 Å². The molecule has 3 N–H and O–H groups in total. The van der Waals surface area contributed by atoms with E-state index in [1.807, 2.05) is 0 Å². The fourth-order valence-corrected chi connectivity index (χ4v) is 2.90. The van der Waals surface area contributed by atoms with Crippen molar-refractivity contribution in [2.75, 3.05) is 23.3 Å². The summed E-state index contributed by atoms with van der Waals surface area (Å²) in [6.45, 7) is 4.09. The molecule has 2 amide bonds. The molecule has 1 aliphatic rings. The normalized spacial score (nSPS) is 15.4. The summed E-state index contributed by atoms with van der Waals surface area (Å²) < 4.78 is 0. The molecule has 1 aliphatic heterocycles. The zero-order chi connectivity index (χ0) is 16.1. The highest BCUT2D eigenvalue weighted by Crippen LogP contribution is 2.20. The van der Waals surface area contributed by atoms with Crippen molar-refractivity contribution in [3.63, 3.8) is 0 Å². The molecule has 0 bridgehead atoms. The van der Waals surface area contributed by atoms with Crippen molar-refractivity contribution in [1.29, 1.82) is 0 Å². The summed E-state index contributed by atoms with van der Waals surface area (Å²) in [5, 5.41) is 12.3. The van der Waals surface area contributed by atoms with Crippen LogP contribution in [0.25, 0.3) is 0 Å².